The van der Waals surface area contributed by atoms with E-state index in [-0.39, 0.29) is 12.7 Å². The maximum Gasteiger partial charge on any atom is 0.213 e. The minimum Gasteiger partial charge on any atom is -0.473 e. The molecule has 0 aliphatic heterocycles. The number of hydrogen-bond acceptors (Lipinski definition) is 6. The lowest BCUT2D eigenvalue weighted by atomic mass is 10.0. The van der Waals surface area contributed by atoms with E-state index in [2.05, 4.69) is 51.5 Å². The van der Waals surface area contributed by atoms with Crippen molar-refractivity contribution in [3.63, 3.8) is 0 Å². The van der Waals surface area contributed by atoms with E-state index in [4.69, 9.17) is 25.5 Å². The van der Waals surface area contributed by atoms with Gasteiger partial charge in [0.25, 0.3) is 0 Å². The Morgan fingerprint density at radius 1 is 0.900 bits per heavy atom. The lowest BCUT2D eigenvalue weighted by Crippen LogP contribution is -2.48. The van der Waals surface area contributed by atoms with Gasteiger partial charge < -0.3 is 19.0 Å². The molecule has 8 heteroatoms. The fraction of sp³-hybridized carbons (Fsp3) is 0.500. The lowest BCUT2D eigenvalue weighted by Gasteiger charge is -2.42. The van der Waals surface area contributed by atoms with Gasteiger partial charge in [0.05, 0.1) is 18.4 Å². The molecule has 0 aliphatic rings. The third kappa shape index (κ3) is 7.92. The predicted molar refractivity (Wildman–Crippen MR) is 165 cm³/mol. The largest absolute Gasteiger partial charge is 0.473 e. The van der Waals surface area contributed by atoms with Gasteiger partial charge in [0.2, 0.25) is 5.88 Å². The number of rotatable bonds is 15. The van der Waals surface area contributed by atoms with Crippen molar-refractivity contribution in [2.75, 3.05) is 13.2 Å². The molecule has 3 aromatic rings. The zero-order valence-electron chi connectivity index (χ0n) is 25.0. The molecule has 40 heavy (non-hydrogen) atoms. The summed E-state index contributed by atoms with van der Waals surface area (Å²) in [6.07, 6.45) is 4.27. The van der Waals surface area contributed by atoms with Crippen molar-refractivity contribution in [2.45, 2.75) is 90.8 Å². The molecule has 218 valence electrons. The molecule has 0 aliphatic carbocycles. The molecule has 0 radical (unpaired) electrons. The highest BCUT2D eigenvalue weighted by atomic mass is 35.5. The lowest BCUT2D eigenvalue weighted by molar-refractivity contribution is 0.0436. The first-order valence-corrected chi connectivity index (χ1v) is 16.8. The zero-order valence-corrected chi connectivity index (χ0v) is 26.7. The monoisotopic (exact) mass is 584 g/mol. The Bertz CT molecular complexity index is 1160. The number of aliphatic hydroxyl groups excluding tert-OH is 1. The molecule has 0 bridgehead atoms. The van der Waals surface area contributed by atoms with Gasteiger partial charge in [0.15, 0.2) is 8.32 Å². The van der Waals surface area contributed by atoms with E-state index < -0.39 is 8.32 Å². The average Bonchev–Trinajstić information content (AvgIpc) is 2.94. The zero-order chi connectivity index (χ0) is 29.3. The van der Waals surface area contributed by atoms with E-state index in [1.54, 1.807) is 12.3 Å². The third-order valence-corrected chi connectivity index (χ3v) is 14.1. The Hall–Kier alpha value is -2.29. The first-order chi connectivity index (χ1) is 19.1. The van der Waals surface area contributed by atoms with Crippen LogP contribution in [0, 0.1) is 0 Å². The van der Waals surface area contributed by atoms with Gasteiger partial charge in [-0.2, -0.15) is 0 Å². The fourth-order valence-corrected chi connectivity index (χ4v) is 11.5. The summed E-state index contributed by atoms with van der Waals surface area (Å²) >= 11 is 6.45. The molecule has 1 N–H and O–H groups in total. The van der Waals surface area contributed by atoms with Crippen LogP contribution in [0.25, 0.3) is 11.1 Å². The molecular weight excluding hydrogens is 540 g/mol. The molecule has 0 spiro atoms. The molecule has 0 unspecified atom stereocenters. The molecule has 0 saturated carbocycles. The molecule has 1 atom stereocenters. The van der Waals surface area contributed by atoms with E-state index in [9.17, 15) is 5.11 Å². The van der Waals surface area contributed by atoms with Crippen molar-refractivity contribution in [3.8, 4) is 17.0 Å². The average molecular weight is 585 g/mol. The van der Waals surface area contributed by atoms with E-state index in [0.29, 0.717) is 53.0 Å². The van der Waals surface area contributed by atoms with Crippen molar-refractivity contribution in [1.82, 2.24) is 9.97 Å². The highest BCUT2D eigenvalue weighted by Gasteiger charge is 2.44. The Labute approximate surface area is 246 Å². The maximum absolute atomic E-state index is 9.25. The molecule has 1 aromatic carbocycles. The third-order valence-electron chi connectivity index (χ3n) is 7.65. The van der Waals surface area contributed by atoms with Crippen molar-refractivity contribution in [2.24, 2.45) is 0 Å². The number of aliphatic hydroxyl groups is 1. The highest BCUT2D eigenvalue weighted by Crippen LogP contribution is 2.42. The smallest absolute Gasteiger partial charge is 0.213 e. The number of nitrogens with zero attached hydrogens (tertiary/aromatic N) is 2. The second-order valence-corrected chi connectivity index (χ2v) is 17.0. The minimum absolute atomic E-state index is 0.0746. The van der Waals surface area contributed by atoms with Crippen LogP contribution in [-0.2, 0) is 22.4 Å². The minimum atomic E-state index is -1.92. The number of halogens is 1. The SMILES string of the molecule is CCO[C@@H](CCO[Si](C(C)C)(C(C)C)C(C)C)c1ccc(OCc2ccc(Cl)c(-c3ccc(CO)nc3)c2)nc1. The van der Waals surface area contributed by atoms with Gasteiger partial charge in [-0.25, -0.2) is 4.98 Å². The molecule has 6 nitrogen and oxygen atoms in total. The summed E-state index contributed by atoms with van der Waals surface area (Å²) < 4.78 is 18.9. The summed E-state index contributed by atoms with van der Waals surface area (Å²) in [4.78, 5) is 8.82. The number of benzene rings is 1. The number of aromatic nitrogens is 2. The van der Waals surface area contributed by atoms with E-state index in [1.165, 1.54) is 0 Å². The van der Waals surface area contributed by atoms with Gasteiger partial charge in [0.1, 0.15) is 6.61 Å². The second kappa shape index (κ2) is 15.1. The van der Waals surface area contributed by atoms with E-state index in [1.807, 2.05) is 49.5 Å². The molecule has 0 saturated heterocycles. The van der Waals surface area contributed by atoms with Gasteiger partial charge in [-0.1, -0.05) is 65.3 Å². The Balaban J connectivity index is 1.64. The summed E-state index contributed by atoms with van der Waals surface area (Å²) in [7, 11) is -1.92. The first-order valence-electron chi connectivity index (χ1n) is 14.3. The second-order valence-electron chi connectivity index (χ2n) is 11.1. The molecule has 2 heterocycles. The fourth-order valence-electron chi connectivity index (χ4n) is 5.78. The summed E-state index contributed by atoms with van der Waals surface area (Å²) in [5.41, 5.74) is 6.01. The number of ether oxygens (including phenoxy) is 2. The van der Waals surface area contributed by atoms with Gasteiger partial charge in [-0.15, -0.1) is 0 Å². The van der Waals surface area contributed by atoms with Crippen LogP contribution in [0.2, 0.25) is 21.6 Å². The normalized spacial score (nSPS) is 12.9. The van der Waals surface area contributed by atoms with Crippen molar-refractivity contribution < 1.29 is 19.0 Å². The van der Waals surface area contributed by atoms with E-state index in [0.717, 1.165) is 28.7 Å². The van der Waals surface area contributed by atoms with Crippen LogP contribution in [0.3, 0.4) is 0 Å². The summed E-state index contributed by atoms with van der Waals surface area (Å²) in [6, 6.07) is 13.4. The molecule has 0 amide bonds. The van der Waals surface area contributed by atoms with Gasteiger partial charge in [0, 0.05) is 47.8 Å². The Morgan fingerprint density at radius 3 is 2.17 bits per heavy atom. The van der Waals surface area contributed by atoms with Crippen LogP contribution in [-0.4, -0.2) is 36.6 Å². The molecule has 0 fully saturated rings. The Morgan fingerprint density at radius 2 is 1.62 bits per heavy atom. The van der Waals surface area contributed by atoms with Gasteiger partial charge in [-0.05, 0) is 65.4 Å². The van der Waals surface area contributed by atoms with Crippen LogP contribution >= 0.6 is 11.6 Å². The van der Waals surface area contributed by atoms with E-state index >= 15 is 0 Å². The van der Waals surface area contributed by atoms with Crippen LogP contribution in [0.15, 0.2) is 54.9 Å². The first kappa shape index (κ1) is 32.2. The molecular formula is C32H45ClN2O4Si. The molecule has 2 aromatic heterocycles. The Kier molecular flexibility index (Phi) is 12.1. The van der Waals surface area contributed by atoms with Gasteiger partial charge >= 0.3 is 0 Å². The van der Waals surface area contributed by atoms with Gasteiger partial charge in [-0.3, -0.25) is 4.98 Å². The summed E-state index contributed by atoms with van der Waals surface area (Å²) in [6.45, 7) is 17.5. The van der Waals surface area contributed by atoms with Crippen LogP contribution in [0.1, 0.15) is 77.8 Å². The number of pyridine rings is 2. The van der Waals surface area contributed by atoms with Crippen LogP contribution < -0.4 is 4.74 Å². The quantitative estimate of drug-likeness (QED) is 0.180. The predicted octanol–water partition coefficient (Wildman–Crippen LogP) is 8.53. The van der Waals surface area contributed by atoms with Crippen molar-refractivity contribution in [3.05, 3.63) is 76.7 Å². The molecule has 3 rings (SSSR count). The standard InChI is InChI=1S/C32H45ClN2O4Si/c1-8-37-31(15-16-39-40(22(2)3,23(4)5)24(6)7)27-11-14-32(35-19-27)38-21-25-9-13-30(33)29(17-25)26-10-12-28(20-36)34-18-26/h9-14,17-19,22-24,31,36H,8,15-16,20-21H2,1-7H3/t31-/m0/s1. The summed E-state index contributed by atoms with van der Waals surface area (Å²) in [5, 5.41) is 9.88. The van der Waals surface area contributed by atoms with Crippen molar-refractivity contribution in [1.29, 1.82) is 0 Å². The van der Waals surface area contributed by atoms with Crippen LogP contribution in [0.5, 0.6) is 5.88 Å². The highest BCUT2D eigenvalue weighted by molar-refractivity contribution is 6.77. The number of hydrogen-bond donors (Lipinski definition) is 1. The topological polar surface area (TPSA) is 73.7 Å². The maximum atomic E-state index is 9.25. The summed E-state index contributed by atoms with van der Waals surface area (Å²) in [5.74, 6) is 0.548. The van der Waals surface area contributed by atoms with Crippen LogP contribution in [0.4, 0.5) is 0 Å². The van der Waals surface area contributed by atoms with Crippen molar-refractivity contribution >= 4 is 19.9 Å².